The van der Waals surface area contributed by atoms with Gasteiger partial charge in [0.15, 0.2) is 0 Å². The summed E-state index contributed by atoms with van der Waals surface area (Å²) in [6.45, 7) is 0.828. The number of rotatable bonds is 3. The lowest BCUT2D eigenvalue weighted by molar-refractivity contribution is -0.131. The van der Waals surface area contributed by atoms with Gasteiger partial charge in [-0.1, -0.05) is 6.07 Å². The maximum Gasteiger partial charge on any atom is 0.252 e. The topological polar surface area (TPSA) is 58.6 Å². The van der Waals surface area contributed by atoms with Gasteiger partial charge in [-0.15, -0.1) is 0 Å². The second-order valence-corrected chi connectivity index (χ2v) is 5.67. The third kappa shape index (κ3) is 2.73. The molecule has 1 N–H and O–H groups in total. The van der Waals surface area contributed by atoms with Gasteiger partial charge in [0, 0.05) is 18.2 Å². The Morgan fingerprint density at radius 1 is 1.38 bits per heavy atom. The summed E-state index contributed by atoms with van der Waals surface area (Å²) in [4.78, 5) is 26.5. The van der Waals surface area contributed by atoms with Crippen LogP contribution >= 0.6 is 0 Å². The van der Waals surface area contributed by atoms with Crippen LogP contribution in [0.4, 0.5) is 0 Å². The van der Waals surface area contributed by atoms with E-state index in [0.29, 0.717) is 17.4 Å². The first-order valence-electron chi connectivity index (χ1n) is 7.44. The summed E-state index contributed by atoms with van der Waals surface area (Å²) in [5.74, 6) is 0.487. The van der Waals surface area contributed by atoms with Crippen molar-refractivity contribution >= 4 is 11.8 Å². The number of nitrogens with zero attached hydrogens (tertiary/aromatic N) is 1. The third-order valence-electron chi connectivity index (χ3n) is 4.35. The van der Waals surface area contributed by atoms with Crippen molar-refractivity contribution < 1.29 is 14.3 Å². The molecule has 0 bridgehead atoms. The molecule has 0 radical (unpaired) electrons. The molecule has 3 rings (SSSR count). The van der Waals surface area contributed by atoms with Crippen molar-refractivity contribution in [3.63, 3.8) is 0 Å². The largest absolute Gasteiger partial charge is 0.497 e. The molecule has 21 heavy (non-hydrogen) atoms. The number of hydrogen-bond donors (Lipinski definition) is 1. The van der Waals surface area contributed by atoms with E-state index < -0.39 is 0 Å². The maximum atomic E-state index is 12.3. The SMILES string of the molecule is COc1cccc(C(=O)N[C@@H]2C[C@H]3CCCCN3C2=O)c1. The van der Waals surface area contributed by atoms with E-state index in [-0.39, 0.29) is 17.9 Å². The fourth-order valence-corrected chi connectivity index (χ4v) is 3.24. The molecule has 0 saturated carbocycles. The van der Waals surface area contributed by atoms with E-state index in [0.717, 1.165) is 25.8 Å². The number of piperidine rings is 1. The molecule has 1 aromatic rings. The number of carbonyl (C=O) groups is 2. The highest BCUT2D eigenvalue weighted by molar-refractivity contribution is 5.98. The highest BCUT2D eigenvalue weighted by atomic mass is 16.5. The van der Waals surface area contributed by atoms with Crippen LogP contribution in [0.5, 0.6) is 5.75 Å². The number of methoxy groups -OCH3 is 1. The van der Waals surface area contributed by atoms with Crippen LogP contribution in [0.25, 0.3) is 0 Å². The summed E-state index contributed by atoms with van der Waals surface area (Å²) in [6, 6.07) is 6.89. The van der Waals surface area contributed by atoms with E-state index >= 15 is 0 Å². The number of nitrogens with one attached hydrogen (secondary N) is 1. The lowest BCUT2D eigenvalue weighted by Crippen LogP contribution is -2.43. The highest BCUT2D eigenvalue weighted by Crippen LogP contribution is 2.28. The molecular formula is C16H20N2O3. The molecule has 2 aliphatic heterocycles. The first-order valence-corrected chi connectivity index (χ1v) is 7.44. The van der Waals surface area contributed by atoms with E-state index in [2.05, 4.69) is 5.32 Å². The molecule has 0 aliphatic carbocycles. The Balaban J connectivity index is 1.68. The summed E-state index contributed by atoms with van der Waals surface area (Å²) in [7, 11) is 1.56. The molecule has 5 nitrogen and oxygen atoms in total. The van der Waals surface area contributed by atoms with Crippen molar-refractivity contribution in [3.05, 3.63) is 29.8 Å². The van der Waals surface area contributed by atoms with Gasteiger partial charge in [-0.25, -0.2) is 0 Å². The molecule has 0 aromatic heterocycles. The van der Waals surface area contributed by atoms with Crippen LogP contribution in [0.3, 0.4) is 0 Å². The Morgan fingerprint density at radius 3 is 3.00 bits per heavy atom. The van der Waals surface area contributed by atoms with Crippen LogP contribution in [0, 0.1) is 0 Å². The minimum absolute atomic E-state index is 0.0657. The zero-order valence-electron chi connectivity index (χ0n) is 12.2. The monoisotopic (exact) mass is 288 g/mol. The number of hydrogen-bond acceptors (Lipinski definition) is 3. The predicted molar refractivity (Wildman–Crippen MR) is 78.2 cm³/mol. The van der Waals surface area contributed by atoms with Crippen molar-refractivity contribution in [1.82, 2.24) is 10.2 Å². The molecule has 112 valence electrons. The summed E-state index contributed by atoms with van der Waals surface area (Å²) in [5.41, 5.74) is 0.520. The molecule has 2 atom stereocenters. The van der Waals surface area contributed by atoms with Gasteiger partial charge in [-0.3, -0.25) is 9.59 Å². The van der Waals surface area contributed by atoms with E-state index in [1.807, 2.05) is 4.90 Å². The van der Waals surface area contributed by atoms with Gasteiger partial charge in [0.1, 0.15) is 11.8 Å². The number of benzene rings is 1. The summed E-state index contributed by atoms with van der Waals surface area (Å²) < 4.78 is 5.12. The maximum absolute atomic E-state index is 12.3. The molecule has 1 aromatic carbocycles. The molecule has 2 fully saturated rings. The van der Waals surface area contributed by atoms with Gasteiger partial charge in [0.2, 0.25) is 5.91 Å². The van der Waals surface area contributed by atoms with Crippen LogP contribution in [0.2, 0.25) is 0 Å². The van der Waals surface area contributed by atoms with E-state index in [1.54, 1.807) is 31.4 Å². The van der Waals surface area contributed by atoms with Crippen LogP contribution in [-0.2, 0) is 4.79 Å². The molecule has 2 heterocycles. The van der Waals surface area contributed by atoms with E-state index in [4.69, 9.17) is 4.74 Å². The van der Waals surface area contributed by atoms with Crippen molar-refractivity contribution in [2.24, 2.45) is 0 Å². The minimum Gasteiger partial charge on any atom is -0.497 e. The number of fused-ring (bicyclic) bond motifs is 1. The minimum atomic E-state index is -0.383. The molecule has 2 amide bonds. The fourth-order valence-electron chi connectivity index (χ4n) is 3.24. The Bertz CT molecular complexity index is 558. The number of amides is 2. The molecule has 2 saturated heterocycles. The summed E-state index contributed by atoms with van der Waals surface area (Å²) in [6.07, 6.45) is 4.02. The van der Waals surface area contributed by atoms with Crippen LogP contribution < -0.4 is 10.1 Å². The van der Waals surface area contributed by atoms with E-state index in [1.165, 1.54) is 6.42 Å². The average molecular weight is 288 g/mol. The van der Waals surface area contributed by atoms with Crippen molar-refractivity contribution in [1.29, 1.82) is 0 Å². The fraction of sp³-hybridized carbons (Fsp3) is 0.500. The first kappa shape index (κ1) is 13.9. The Labute approximate surface area is 124 Å². The van der Waals surface area contributed by atoms with Crippen molar-refractivity contribution in [2.45, 2.75) is 37.8 Å². The highest BCUT2D eigenvalue weighted by Gasteiger charge is 2.41. The molecule has 5 heteroatoms. The zero-order chi connectivity index (χ0) is 14.8. The number of ether oxygens (including phenoxy) is 1. The van der Waals surface area contributed by atoms with Gasteiger partial charge in [0.25, 0.3) is 5.91 Å². The summed E-state index contributed by atoms with van der Waals surface area (Å²) >= 11 is 0. The lowest BCUT2D eigenvalue weighted by atomic mass is 10.0. The molecule has 0 spiro atoms. The lowest BCUT2D eigenvalue weighted by Gasteiger charge is -2.28. The first-order chi connectivity index (χ1) is 10.2. The third-order valence-corrected chi connectivity index (χ3v) is 4.35. The second kappa shape index (κ2) is 5.76. The smallest absolute Gasteiger partial charge is 0.252 e. The Kier molecular flexibility index (Phi) is 3.82. The second-order valence-electron chi connectivity index (χ2n) is 5.67. The van der Waals surface area contributed by atoms with Crippen molar-refractivity contribution in [3.8, 4) is 5.75 Å². The molecule has 0 unspecified atom stereocenters. The predicted octanol–water partition coefficient (Wildman–Crippen LogP) is 1.58. The van der Waals surface area contributed by atoms with Crippen LogP contribution in [-0.4, -0.2) is 42.5 Å². The van der Waals surface area contributed by atoms with Gasteiger partial charge < -0.3 is 15.0 Å². The van der Waals surface area contributed by atoms with E-state index in [9.17, 15) is 9.59 Å². The summed E-state index contributed by atoms with van der Waals surface area (Å²) in [5, 5.41) is 2.87. The average Bonchev–Trinajstić information content (AvgIpc) is 2.84. The Morgan fingerprint density at radius 2 is 2.24 bits per heavy atom. The van der Waals surface area contributed by atoms with Gasteiger partial charge >= 0.3 is 0 Å². The van der Waals surface area contributed by atoms with Gasteiger partial charge in [0.05, 0.1) is 7.11 Å². The van der Waals surface area contributed by atoms with Crippen molar-refractivity contribution in [2.75, 3.05) is 13.7 Å². The van der Waals surface area contributed by atoms with Gasteiger partial charge in [-0.2, -0.15) is 0 Å². The standard InChI is InChI=1S/C16H20N2O3/c1-21-13-7-4-5-11(9-13)15(19)17-14-10-12-6-2-3-8-18(12)16(14)20/h4-5,7,9,12,14H,2-3,6,8,10H2,1H3,(H,17,19)/t12-,14-/m1/s1. The molecule has 2 aliphatic rings. The number of carbonyl (C=O) groups excluding carboxylic acids is 2. The quantitative estimate of drug-likeness (QED) is 0.918. The zero-order valence-corrected chi connectivity index (χ0v) is 12.2. The van der Waals surface area contributed by atoms with Gasteiger partial charge in [-0.05, 0) is 43.9 Å². The van der Waals surface area contributed by atoms with Crippen LogP contribution in [0.15, 0.2) is 24.3 Å². The normalized spacial score (nSPS) is 24.6. The van der Waals surface area contributed by atoms with Crippen LogP contribution in [0.1, 0.15) is 36.0 Å². The molecular weight excluding hydrogens is 268 g/mol. The Hall–Kier alpha value is -2.04.